The lowest BCUT2D eigenvalue weighted by Crippen LogP contribution is -1.94. The molecule has 0 spiro atoms. The largest absolute Gasteiger partial charge is 0.274 e. The molecular formula is C58H35BrN6S. The molecule has 0 bridgehead atoms. The molecule has 0 amide bonds. The molecule has 14 aromatic rings. The molecule has 5 aromatic heterocycles. The molecule has 0 aliphatic carbocycles. The second kappa shape index (κ2) is 15.6. The van der Waals surface area contributed by atoms with Crippen molar-refractivity contribution in [3.05, 3.63) is 217 Å². The Labute approximate surface area is 390 Å². The van der Waals surface area contributed by atoms with Crippen LogP contribution in [0.3, 0.4) is 0 Å². The smallest absolute Gasteiger partial charge is 0.169 e. The molecule has 0 saturated heterocycles. The van der Waals surface area contributed by atoms with E-state index in [0.29, 0.717) is 0 Å². The molecule has 0 radical (unpaired) electrons. The Balaban J connectivity index is 0.000000153. The van der Waals surface area contributed by atoms with Gasteiger partial charge < -0.3 is 0 Å². The topological polar surface area (TPSA) is 60.4 Å². The van der Waals surface area contributed by atoms with E-state index in [0.717, 1.165) is 60.3 Å². The summed E-state index contributed by atoms with van der Waals surface area (Å²) in [7, 11) is 0. The van der Waals surface area contributed by atoms with E-state index >= 15 is 0 Å². The van der Waals surface area contributed by atoms with Crippen LogP contribution in [0.5, 0.6) is 0 Å². The first-order valence-electron chi connectivity index (χ1n) is 21.8. The first kappa shape index (κ1) is 38.4. The molecule has 66 heavy (non-hydrogen) atoms. The summed E-state index contributed by atoms with van der Waals surface area (Å²) < 4.78 is 8.09. The summed E-state index contributed by atoms with van der Waals surface area (Å²) in [6.07, 6.45) is 0. The van der Waals surface area contributed by atoms with Gasteiger partial charge in [0.15, 0.2) is 22.9 Å². The number of hydrogen-bond donors (Lipinski definition) is 0. The van der Waals surface area contributed by atoms with Crippen molar-refractivity contribution in [1.82, 2.24) is 29.2 Å². The molecule has 9 aromatic carbocycles. The van der Waals surface area contributed by atoms with Crippen LogP contribution in [-0.2, 0) is 0 Å². The average Bonchev–Trinajstić information content (AvgIpc) is 4.14. The normalized spacial score (nSPS) is 11.7. The number of thiophene rings is 1. The number of hydrogen-bond acceptors (Lipinski definition) is 5. The number of nitrogens with zero attached hydrogens (tertiary/aromatic N) is 6. The number of rotatable bonds is 4. The fourth-order valence-corrected chi connectivity index (χ4v) is 11.2. The highest BCUT2D eigenvalue weighted by Crippen LogP contribution is 2.41. The minimum Gasteiger partial charge on any atom is -0.274 e. The van der Waals surface area contributed by atoms with Gasteiger partial charge in [-0.25, -0.2) is 0 Å². The maximum atomic E-state index is 4.64. The standard InChI is InChI=1S/C38H23N3S.C20H12BrN3/c1-2-9-26(10-3-1)37-39-40-38-32-13-5-4-11-29(32)33-23-27(21-22-34(33)41(37)38)24-17-19-25(20-18-24)28-14-8-15-31-30-12-6-7-16-35(30)42-36(28)31;21-14-10-11-18-17(12-14)15-8-4-5-9-16(15)20-23-22-19(24(18)20)13-6-2-1-3-7-13/h1-23H;1-12H. The second-order valence-electron chi connectivity index (χ2n) is 16.4. The fraction of sp³-hybridized carbons (Fsp3) is 0. The summed E-state index contributed by atoms with van der Waals surface area (Å²) in [5.41, 5.74) is 11.0. The lowest BCUT2D eigenvalue weighted by atomic mass is 9.97. The minimum absolute atomic E-state index is 0.855. The van der Waals surface area contributed by atoms with E-state index < -0.39 is 0 Å². The monoisotopic (exact) mass is 926 g/mol. The van der Waals surface area contributed by atoms with Gasteiger partial charge in [-0.1, -0.05) is 192 Å². The van der Waals surface area contributed by atoms with Crippen LogP contribution in [-0.4, -0.2) is 29.2 Å². The molecule has 0 aliphatic rings. The highest BCUT2D eigenvalue weighted by Gasteiger charge is 2.18. The van der Waals surface area contributed by atoms with Crippen molar-refractivity contribution >= 4 is 102 Å². The van der Waals surface area contributed by atoms with Crippen molar-refractivity contribution in [3.63, 3.8) is 0 Å². The van der Waals surface area contributed by atoms with Crippen LogP contribution in [0.4, 0.5) is 0 Å². The maximum Gasteiger partial charge on any atom is 0.169 e. The van der Waals surface area contributed by atoms with Crippen LogP contribution in [0, 0.1) is 0 Å². The van der Waals surface area contributed by atoms with Gasteiger partial charge in [0.25, 0.3) is 0 Å². The lowest BCUT2D eigenvalue weighted by molar-refractivity contribution is 1.12. The van der Waals surface area contributed by atoms with Crippen LogP contribution in [0.2, 0.25) is 0 Å². The van der Waals surface area contributed by atoms with Gasteiger partial charge in [0.1, 0.15) is 0 Å². The van der Waals surface area contributed by atoms with Gasteiger partial charge in [0.2, 0.25) is 0 Å². The molecule has 310 valence electrons. The first-order chi connectivity index (χ1) is 32.7. The van der Waals surface area contributed by atoms with Gasteiger partial charge in [-0.3, -0.25) is 8.80 Å². The van der Waals surface area contributed by atoms with Gasteiger partial charge >= 0.3 is 0 Å². The Hall–Kier alpha value is -8.04. The molecule has 0 aliphatic heterocycles. The number of halogens is 1. The zero-order valence-electron chi connectivity index (χ0n) is 35.2. The third-order valence-corrected chi connectivity index (χ3v) is 14.4. The van der Waals surface area contributed by atoms with Crippen molar-refractivity contribution < 1.29 is 0 Å². The molecule has 8 heteroatoms. The van der Waals surface area contributed by atoms with Gasteiger partial charge in [-0.2, -0.15) is 0 Å². The van der Waals surface area contributed by atoms with E-state index in [1.807, 2.05) is 53.8 Å². The summed E-state index contributed by atoms with van der Waals surface area (Å²) in [6, 6.07) is 74.8. The Kier molecular flexibility index (Phi) is 9.08. The second-order valence-corrected chi connectivity index (χ2v) is 18.4. The van der Waals surface area contributed by atoms with Crippen molar-refractivity contribution in [2.24, 2.45) is 0 Å². The number of aromatic nitrogens is 6. The number of fused-ring (bicyclic) bond motifs is 15. The fourth-order valence-electron chi connectivity index (χ4n) is 9.61. The number of pyridine rings is 2. The molecule has 0 unspecified atom stereocenters. The Morgan fingerprint density at radius 1 is 0.333 bits per heavy atom. The highest BCUT2D eigenvalue weighted by molar-refractivity contribution is 9.10. The summed E-state index contributed by atoms with van der Waals surface area (Å²) in [5, 5.41) is 27.9. The minimum atomic E-state index is 0.855. The molecular weight excluding hydrogens is 893 g/mol. The molecule has 0 fully saturated rings. The lowest BCUT2D eigenvalue weighted by Gasteiger charge is -2.12. The quantitative estimate of drug-likeness (QED) is 0.165. The van der Waals surface area contributed by atoms with E-state index in [1.165, 1.54) is 64.0 Å². The van der Waals surface area contributed by atoms with E-state index in [1.54, 1.807) is 0 Å². The zero-order valence-corrected chi connectivity index (χ0v) is 37.6. The highest BCUT2D eigenvalue weighted by atomic mass is 79.9. The van der Waals surface area contributed by atoms with Crippen molar-refractivity contribution in [2.45, 2.75) is 0 Å². The third kappa shape index (κ3) is 6.21. The average molecular weight is 928 g/mol. The molecule has 0 saturated carbocycles. The van der Waals surface area contributed by atoms with E-state index in [2.05, 4.69) is 215 Å². The van der Waals surface area contributed by atoms with E-state index in [-0.39, 0.29) is 0 Å². The number of benzene rings is 9. The summed E-state index contributed by atoms with van der Waals surface area (Å²) in [4.78, 5) is 0. The van der Waals surface area contributed by atoms with Gasteiger partial charge in [-0.05, 0) is 69.4 Å². The predicted molar refractivity (Wildman–Crippen MR) is 278 cm³/mol. The predicted octanol–water partition coefficient (Wildman–Crippen LogP) is 15.9. The molecule has 0 atom stereocenters. The Bertz CT molecular complexity index is 4180. The van der Waals surface area contributed by atoms with Crippen LogP contribution >= 0.6 is 27.3 Å². The molecule has 5 heterocycles. The van der Waals surface area contributed by atoms with Gasteiger partial charge in [0.05, 0.1) is 11.0 Å². The first-order valence-corrected chi connectivity index (χ1v) is 23.4. The van der Waals surface area contributed by atoms with Crippen LogP contribution < -0.4 is 0 Å². The molecule has 0 N–H and O–H groups in total. The van der Waals surface area contributed by atoms with Crippen molar-refractivity contribution in [2.75, 3.05) is 0 Å². The van der Waals surface area contributed by atoms with Crippen LogP contribution in [0.1, 0.15) is 0 Å². The molecule has 14 rings (SSSR count). The third-order valence-electron chi connectivity index (χ3n) is 12.7. The summed E-state index contributed by atoms with van der Waals surface area (Å²) in [5.74, 6) is 1.72. The Morgan fingerprint density at radius 2 is 0.818 bits per heavy atom. The molecule has 6 nitrogen and oxygen atoms in total. The van der Waals surface area contributed by atoms with Crippen LogP contribution in [0.25, 0.3) is 120 Å². The van der Waals surface area contributed by atoms with Gasteiger partial charge in [-0.15, -0.1) is 31.7 Å². The maximum absolute atomic E-state index is 4.64. The van der Waals surface area contributed by atoms with E-state index in [4.69, 9.17) is 0 Å². The van der Waals surface area contributed by atoms with Crippen molar-refractivity contribution in [3.8, 4) is 45.0 Å². The Morgan fingerprint density at radius 3 is 1.44 bits per heavy atom. The SMILES string of the molecule is Brc1ccc2c(c1)c1ccccc1c1nnc(-c3ccccc3)n21.c1ccc(-c2nnc3c4ccccc4c4cc(-c5ccc(-c6cccc7c6sc6ccccc67)cc5)ccc4n23)cc1. The van der Waals surface area contributed by atoms with Crippen molar-refractivity contribution in [1.29, 1.82) is 0 Å². The zero-order chi connectivity index (χ0) is 43.7. The van der Waals surface area contributed by atoms with Gasteiger partial charge in [0, 0.05) is 57.3 Å². The summed E-state index contributed by atoms with van der Waals surface area (Å²) >= 11 is 5.47. The van der Waals surface area contributed by atoms with Crippen LogP contribution in [0.15, 0.2) is 217 Å². The van der Waals surface area contributed by atoms with E-state index in [9.17, 15) is 0 Å². The summed E-state index contributed by atoms with van der Waals surface area (Å²) in [6.45, 7) is 0.